The first-order valence-corrected chi connectivity index (χ1v) is 12.0. The van der Waals surface area contributed by atoms with Gasteiger partial charge in [0.15, 0.2) is 12.2 Å². The Balaban J connectivity index is 0.000000248. The fourth-order valence-corrected chi connectivity index (χ4v) is 6.04. The summed E-state index contributed by atoms with van der Waals surface area (Å²) >= 11 is 0. The molecule has 1 aromatic carbocycles. The summed E-state index contributed by atoms with van der Waals surface area (Å²) in [6.07, 6.45) is 5.25. The van der Waals surface area contributed by atoms with Gasteiger partial charge in [-0.25, -0.2) is 14.6 Å². The fraction of sp³-hybridized carbons (Fsp3) is 0.500. The third-order valence-electron chi connectivity index (χ3n) is 7.75. The van der Waals surface area contributed by atoms with E-state index in [2.05, 4.69) is 35.1 Å². The van der Waals surface area contributed by atoms with Crippen LogP contribution in [0.25, 0.3) is 0 Å². The molecule has 1 saturated carbocycles. The molecule has 0 amide bonds. The molecule has 188 valence electrons. The van der Waals surface area contributed by atoms with E-state index in [9.17, 15) is 9.59 Å². The zero-order chi connectivity index (χ0) is 25.2. The lowest BCUT2D eigenvalue weighted by atomic mass is 9.52. The van der Waals surface area contributed by atoms with Gasteiger partial charge in [-0.1, -0.05) is 25.0 Å². The second kappa shape index (κ2) is 10.3. The molecule has 2 unspecified atom stereocenters. The predicted molar refractivity (Wildman–Crippen MR) is 126 cm³/mol. The van der Waals surface area contributed by atoms with Crippen molar-refractivity contribution < 1.29 is 34.8 Å². The molecule has 1 saturated heterocycles. The molecule has 35 heavy (non-hydrogen) atoms. The summed E-state index contributed by atoms with van der Waals surface area (Å²) in [5.74, 6) is -1.10. The topological polar surface area (TPSA) is 140 Å². The van der Waals surface area contributed by atoms with Crippen molar-refractivity contribution in [3.8, 4) is 11.6 Å². The average Bonchev–Trinajstić information content (AvgIpc) is 2.86. The fourth-order valence-electron chi connectivity index (χ4n) is 6.04. The van der Waals surface area contributed by atoms with Gasteiger partial charge in [-0.2, -0.15) is 0 Å². The van der Waals surface area contributed by atoms with Crippen molar-refractivity contribution in [3.05, 3.63) is 53.7 Å². The third kappa shape index (κ3) is 5.03. The molecule has 4 N–H and O–H groups in total. The monoisotopic (exact) mass is 484 g/mol. The number of hydrogen-bond acceptors (Lipinski definition) is 7. The van der Waals surface area contributed by atoms with Gasteiger partial charge in [0.25, 0.3) is 0 Å². The van der Waals surface area contributed by atoms with E-state index < -0.39 is 24.1 Å². The molecular formula is C26H32N2O7. The third-order valence-corrected chi connectivity index (χ3v) is 7.75. The number of fused-ring (bicyclic) bond motifs is 1. The van der Waals surface area contributed by atoms with E-state index in [1.165, 1.54) is 45.1 Å². The Hall–Kier alpha value is -3.01. The Labute approximate surface area is 204 Å². The van der Waals surface area contributed by atoms with E-state index in [0.29, 0.717) is 11.3 Å². The molecule has 0 spiro atoms. The number of aliphatic hydroxyl groups is 2. The van der Waals surface area contributed by atoms with E-state index >= 15 is 0 Å². The van der Waals surface area contributed by atoms with Crippen LogP contribution < -0.4 is 4.74 Å². The van der Waals surface area contributed by atoms with Crippen LogP contribution in [-0.4, -0.2) is 74.1 Å². The number of carboxylic acids is 2. The smallest absolute Gasteiger partial charge is 0.335 e. The molecule has 9 nitrogen and oxygen atoms in total. The molecule has 5 rings (SSSR count). The van der Waals surface area contributed by atoms with Crippen LogP contribution in [0.4, 0.5) is 0 Å². The number of aliphatic carboxylic acids is 2. The number of benzene rings is 1. The number of hydrogen-bond donors (Lipinski definition) is 4. The Bertz CT molecular complexity index is 1040. The van der Waals surface area contributed by atoms with E-state index in [1.54, 1.807) is 17.3 Å². The van der Waals surface area contributed by atoms with Crippen molar-refractivity contribution in [1.29, 1.82) is 0 Å². The van der Waals surface area contributed by atoms with Gasteiger partial charge in [0, 0.05) is 23.7 Å². The summed E-state index contributed by atoms with van der Waals surface area (Å²) < 4.78 is 6.06. The SMILES string of the molecule is CN1CC[C@]23CCCC[C@H]2[C@H]1Cc1ccc(Oc2ccccn2)cc13.O=C(O)C(O)C(O)C(=O)O. The van der Waals surface area contributed by atoms with E-state index in [-0.39, 0.29) is 0 Å². The van der Waals surface area contributed by atoms with Crippen molar-refractivity contribution in [3.63, 3.8) is 0 Å². The molecule has 0 radical (unpaired) electrons. The highest BCUT2D eigenvalue weighted by molar-refractivity contribution is 5.83. The van der Waals surface area contributed by atoms with E-state index in [4.69, 9.17) is 25.2 Å². The molecule has 2 heterocycles. The van der Waals surface area contributed by atoms with Crippen LogP contribution in [0.2, 0.25) is 0 Å². The van der Waals surface area contributed by atoms with Crippen LogP contribution in [0.15, 0.2) is 42.6 Å². The maximum Gasteiger partial charge on any atom is 0.335 e. The maximum absolute atomic E-state index is 9.77. The lowest BCUT2D eigenvalue weighted by molar-refractivity contribution is -0.165. The average molecular weight is 485 g/mol. The molecule has 5 atom stereocenters. The van der Waals surface area contributed by atoms with Gasteiger partial charge >= 0.3 is 11.9 Å². The van der Waals surface area contributed by atoms with Crippen molar-refractivity contribution >= 4 is 11.9 Å². The molecule has 1 aliphatic heterocycles. The number of aliphatic hydroxyl groups excluding tert-OH is 2. The Morgan fingerprint density at radius 1 is 1.09 bits per heavy atom. The van der Waals surface area contributed by atoms with Crippen LogP contribution in [0.5, 0.6) is 11.6 Å². The summed E-state index contributed by atoms with van der Waals surface area (Å²) in [6.45, 7) is 1.23. The predicted octanol–water partition coefficient (Wildman–Crippen LogP) is 2.44. The standard InChI is InChI=1S/C22H26N2O.C4H6O6/c1-24-13-11-22-10-4-2-6-18(22)20(24)14-16-8-9-17(15-19(16)22)25-21-7-3-5-12-23-21;5-1(3(7)8)2(6)4(9)10/h3,5,7-9,12,15,18,20H,2,4,6,10-11,13-14H2,1H3;1-2,5-6H,(H,7,8)(H,9,10)/t18-,20+,22+;/m0./s1. The number of rotatable bonds is 5. The molecule has 2 aromatic rings. The number of carbonyl (C=O) groups is 2. The molecule has 9 heteroatoms. The van der Waals surface area contributed by atoms with E-state index in [0.717, 1.165) is 17.7 Å². The Morgan fingerprint density at radius 3 is 2.49 bits per heavy atom. The summed E-state index contributed by atoms with van der Waals surface area (Å²) in [7, 11) is 2.33. The number of ether oxygens (including phenoxy) is 1. The molecule has 2 fully saturated rings. The van der Waals surface area contributed by atoms with Gasteiger partial charge in [-0.05, 0) is 74.5 Å². The highest BCUT2D eigenvalue weighted by atomic mass is 16.5. The van der Waals surface area contributed by atoms with Gasteiger partial charge in [0.05, 0.1) is 0 Å². The zero-order valence-corrected chi connectivity index (χ0v) is 19.7. The maximum atomic E-state index is 9.77. The van der Waals surface area contributed by atoms with Crippen molar-refractivity contribution in [2.45, 2.75) is 62.2 Å². The number of piperidine rings is 1. The van der Waals surface area contributed by atoms with Crippen LogP contribution in [-0.2, 0) is 21.4 Å². The van der Waals surface area contributed by atoms with Gasteiger partial charge in [-0.15, -0.1) is 0 Å². The minimum Gasteiger partial charge on any atom is -0.479 e. The first-order valence-electron chi connectivity index (χ1n) is 12.0. The number of likely N-dealkylation sites (tertiary alicyclic amines) is 1. The van der Waals surface area contributed by atoms with Gasteiger partial charge in [0.2, 0.25) is 5.88 Å². The highest BCUT2D eigenvalue weighted by Gasteiger charge is 2.53. The summed E-state index contributed by atoms with van der Waals surface area (Å²) in [5.41, 5.74) is 3.50. The highest BCUT2D eigenvalue weighted by Crippen LogP contribution is 2.56. The molecule has 1 aromatic heterocycles. The van der Waals surface area contributed by atoms with Crippen molar-refractivity contribution in [2.75, 3.05) is 13.6 Å². The largest absolute Gasteiger partial charge is 0.479 e. The van der Waals surface area contributed by atoms with Crippen molar-refractivity contribution in [2.24, 2.45) is 5.92 Å². The lowest BCUT2D eigenvalue weighted by Gasteiger charge is -2.58. The summed E-state index contributed by atoms with van der Waals surface area (Å²) in [4.78, 5) is 26.5. The van der Waals surface area contributed by atoms with Gasteiger partial charge in [-0.3, -0.25) is 0 Å². The van der Waals surface area contributed by atoms with Crippen LogP contribution in [0.1, 0.15) is 43.2 Å². The number of nitrogens with zero attached hydrogens (tertiary/aromatic N) is 2. The van der Waals surface area contributed by atoms with Gasteiger partial charge in [0.1, 0.15) is 5.75 Å². The van der Waals surface area contributed by atoms with E-state index in [1.807, 2.05) is 18.2 Å². The molecule has 2 bridgehead atoms. The Morgan fingerprint density at radius 2 is 1.83 bits per heavy atom. The minimum atomic E-state index is -2.27. The zero-order valence-electron chi connectivity index (χ0n) is 19.7. The Kier molecular flexibility index (Phi) is 7.39. The lowest BCUT2D eigenvalue weighted by Crippen LogP contribution is -2.59. The number of likely N-dealkylation sites (N-methyl/N-ethyl adjacent to an activating group) is 1. The van der Waals surface area contributed by atoms with Crippen LogP contribution >= 0.6 is 0 Å². The molecular weight excluding hydrogens is 452 g/mol. The first-order chi connectivity index (χ1) is 16.7. The summed E-state index contributed by atoms with van der Waals surface area (Å²) in [6, 6.07) is 13.3. The second-order valence-corrected chi connectivity index (χ2v) is 9.67. The van der Waals surface area contributed by atoms with Crippen molar-refractivity contribution in [1.82, 2.24) is 9.88 Å². The minimum absolute atomic E-state index is 0.381. The normalized spacial score (nSPS) is 26.7. The quantitative estimate of drug-likeness (QED) is 0.504. The van der Waals surface area contributed by atoms with Crippen LogP contribution in [0.3, 0.4) is 0 Å². The summed E-state index contributed by atoms with van der Waals surface area (Å²) in [5, 5.41) is 32.5. The number of pyridine rings is 1. The number of aromatic nitrogens is 1. The number of carboxylic acid groups (broad SMARTS) is 2. The second-order valence-electron chi connectivity index (χ2n) is 9.67. The first kappa shape index (κ1) is 25.1. The molecule has 3 aliphatic rings. The van der Waals surface area contributed by atoms with Crippen LogP contribution in [0, 0.1) is 5.92 Å². The van der Waals surface area contributed by atoms with Gasteiger partial charge < -0.3 is 30.1 Å². The molecule has 2 aliphatic carbocycles.